The summed E-state index contributed by atoms with van der Waals surface area (Å²) in [5, 5.41) is 0.757. The number of thioether (sulfide) groups is 1. The molecule has 5 nitrogen and oxygen atoms in total. The van der Waals surface area contributed by atoms with Gasteiger partial charge in [0.25, 0.3) is 0 Å². The first-order valence-corrected chi connectivity index (χ1v) is 10.1. The van der Waals surface area contributed by atoms with E-state index >= 15 is 0 Å². The fourth-order valence-corrected chi connectivity index (χ4v) is 3.75. The maximum Gasteiger partial charge on any atom is 0.230 e. The lowest BCUT2D eigenvalue weighted by Gasteiger charge is -2.11. The number of hydrogen-bond donors (Lipinski definition) is 0. The van der Waals surface area contributed by atoms with Crippen LogP contribution < -0.4 is 14.2 Å². The van der Waals surface area contributed by atoms with Crippen LogP contribution in [0.3, 0.4) is 0 Å². The molecule has 0 saturated heterocycles. The van der Waals surface area contributed by atoms with E-state index < -0.39 is 0 Å². The van der Waals surface area contributed by atoms with Gasteiger partial charge in [0.05, 0.1) is 25.1 Å². The van der Waals surface area contributed by atoms with Gasteiger partial charge in [-0.25, -0.2) is 9.97 Å². The average Bonchev–Trinajstić information content (AvgIpc) is 2.78. The highest BCUT2D eigenvalue weighted by Crippen LogP contribution is 2.36. The second-order valence-corrected chi connectivity index (χ2v) is 7.30. The van der Waals surface area contributed by atoms with E-state index in [2.05, 4.69) is 46.4 Å². The first-order chi connectivity index (χ1) is 14.3. The minimum atomic E-state index is 0.473. The van der Waals surface area contributed by atoms with Crippen molar-refractivity contribution in [2.45, 2.75) is 10.6 Å². The molecule has 1 heterocycles. The Morgan fingerprint density at radius 2 is 1.55 bits per heavy atom. The summed E-state index contributed by atoms with van der Waals surface area (Å²) >= 11 is 1.79. The van der Waals surface area contributed by atoms with E-state index in [0.29, 0.717) is 23.1 Å². The Kier molecular flexibility index (Phi) is 5.81. The molecule has 0 aliphatic rings. The molecule has 0 aliphatic carbocycles. The molecule has 1 aromatic heterocycles. The van der Waals surface area contributed by atoms with E-state index in [4.69, 9.17) is 14.2 Å². The topological polar surface area (TPSA) is 53.5 Å². The molecule has 3 aromatic carbocycles. The van der Waals surface area contributed by atoms with Crippen LogP contribution in [0.5, 0.6) is 23.1 Å². The molecule has 146 valence electrons. The number of ether oxygens (including phenoxy) is 3. The second-order valence-electron chi connectivity index (χ2n) is 6.25. The zero-order valence-corrected chi connectivity index (χ0v) is 17.0. The third kappa shape index (κ3) is 4.43. The Bertz CT molecular complexity index is 1100. The molecule has 0 N–H and O–H groups in total. The molecule has 29 heavy (non-hydrogen) atoms. The Hall–Kier alpha value is -3.25. The van der Waals surface area contributed by atoms with Crippen LogP contribution in [0, 0.1) is 0 Å². The summed E-state index contributed by atoms with van der Waals surface area (Å²) in [5.74, 6) is 3.33. The molecule has 0 aliphatic heterocycles. The number of benzene rings is 3. The van der Waals surface area contributed by atoms with Crippen molar-refractivity contribution < 1.29 is 14.2 Å². The van der Waals surface area contributed by atoms with Crippen molar-refractivity contribution in [2.75, 3.05) is 14.2 Å². The van der Waals surface area contributed by atoms with Gasteiger partial charge in [0.1, 0.15) is 12.1 Å². The number of rotatable bonds is 7. The van der Waals surface area contributed by atoms with Crippen LogP contribution in [-0.4, -0.2) is 24.2 Å². The van der Waals surface area contributed by atoms with Crippen LogP contribution >= 0.6 is 11.8 Å². The minimum absolute atomic E-state index is 0.473. The molecule has 0 spiro atoms. The molecular weight excluding hydrogens is 384 g/mol. The monoisotopic (exact) mass is 404 g/mol. The fourth-order valence-electron chi connectivity index (χ4n) is 2.90. The van der Waals surface area contributed by atoms with E-state index in [-0.39, 0.29) is 0 Å². The van der Waals surface area contributed by atoms with Crippen LogP contribution in [-0.2, 0) is 5.75 Å². The van der Waals surface area contributed by atoms with Crippen molar-refractivity contribution in [1.82, 2.24) is 9.97 Å². The van der Waals surface area contributed by atoms with E-state index in [1.165, 1.54) is 16.8 Å². The summed E-state index contributed by atoms with van der Waals surface area (Å²) in [5.41, 5.74) is 2.03. The highest BCUT2D eigenvalue weighted by molar-refractivity contribution is 7.98. The molecule has 0 bridgehead atoms. The molecule has 0 radical (unpaired) electrons. The summed E-state index contributed by atoms with van der Waals surface area (Å²) in [7, 11) is 3.19. The van der Waals surface area contributed by atoms with Crippen molar-refractivity contribution in [1.29, 1.82) is 0 Å². The van der Waals surface area contributed by atoms with E-state index in [1.807, 2.05) is 30.3 Å². The lowest BCUT2D eigenvalue weighted by Crippen LogP contribution is -1.95. The minimum Gasteiger partial charge on any atom is -0.493 e. The van der Waals surface area contributed by atoms with Crippen LogP contribution in [0.1, 0.15) is 5.56 Å². The molecular formula is C23H20N2O3S. The molecule has 4 aromatic rings. The molecule has 0 amide bonds. The highest BCUT2D eigenvalue weighted by atomic mass is 32.2. The standard InChI is InChI=1S/C23H20N2O3S/c1-26-21-12-19-20(13-22(21)27-2)24-15-25-23(19)28-17-8-10-18(11-9-17)29-14-16-6-4-3-5-7-16/h3-13,15H,14H2,1-2H3. The van der Waals surface area contributed by atoms with Crippen molar-refractivity contribution in [3.05, 3.63) is 78.6 Å². The summed E-state index contributed by atoms with van der Waals surface area (Å²) in [4.78, 5) is 9.78. The van der Waals surface area contributed by atoms with Gasteiger partial charge in [-0.2, -0.15) is 0 Å². The lowest BCUT2D eigenvalue weighted by molar-refractivity contribution is 0.355. The zero-order valence-electron chi connectivity index (χ0n) is 16.2. The number of aromatic nitrogens is 2. The highest BCUT2D eigenvalue weighted by Gasteiger charge is 2.12. The van der Waals surface area contributed by atoms with E-state index in [1.54, 1.807) is 26.0 Å². The summed E-state index contributed by atoms with van der Waals surface area (Å²) in [6.07, 6.45) is 1.48. The Balaban J connectivity index is 1.52. The first kappa shape index (κ1) is 19.1. The Labute approximate surface area is 173 Å². The molecule has 4 rings (SSSR count). The number of fused-ring (bicyclic) bond motifs is 1. The smallest absolute Gasteiger partial charge is 0.230 e. The van der Waals surface area contributed by atoms with Gasteiger partial charge in [-0.05, 0) is 35.9 Å². The van der Waals surface area contributed by atoms with Crippen LogP contribution in [0.15, 0.2) is 78.0 Å². The maximum atomic E-state index is 6.03. The molecule has 0 unspecified atom stereocenters. The zero-order chi connectivity index (χ0) is 20.1. The second kappa shape index (κ2) is 8.84. The van der Waals surface area contributed by atoms with Crippen molar-refractivity contribution in [2.24, 2.45) is 0 Å². The van der Waals surface area contributed by atoms with Crippen molar-refractivity contribution >= 4 is 22.7 Å². The molecule has 0 fully saturated rings. The van der Waals surface area contributed by atoms with Gasteiger partial charge in [-0.15, -0.1) is 11.8 Å². The number of methoxy groups -OCH3 is 2. The van der Waals surface area contributed by atoms with Gasteiger partial charge >= 0.3 is 0 Å². The van der Waals surface area contributed by atoms with Crippen molar-refractivity contribution in [3.63, 3.8) is 0 Å². The maximum absolute atomic E-state index is 6.03. The largest absolute Gasteiger partial charge is 0.493 e. The SMILES string of the molecule is COc1cc2ncnc(Oc3ccc(SCc4ccccc4)cc3)c2cc1OC. The van der Waals surface area contributed by atoms with E-state index in [0.717, 1.165) is 16.7 Å². The summed E-state index contributed by atoms with van der Waals surface area (Å²) in [6.45, 7) is 0. The molecule has 6 heteroatoms. The van der Waals surface area contributed by atoms with Gasteiger partial charge in [0, 0.05) is 16.7 Å². The summed E-state index contributed by atoms with van der Waals surface area (Å²) in [6, 6.07) is 22.0. The Morgan fingerprint density at radius 1 is 0.828 bits per heavy atom. The van der Waals surface area contributed by atoms with Crippen molar-refractivity contribution in [3.8, 4) is 23.1 Å². The van der Waals surface area contributed by atoms with E-state index in [9.17, 15) is 0 Å². The van der Waals surface area contributed by atoms with Crippen LogP contribution in [0.2, 0.25) is 0 Å². The van der Waals surface area contributed by atoms with Gasteiger partial charge in [0.15, 0.2) is 11.5 Å². The molecule has 0 saturated carbocycles. The van der Waals surface area contributed by atoms with Crippen LogP contribution in [0.25, 0.3) is 10.9 Å². The number of nitrogens with zero attached hydrogens (tertiary/aromatic N) is 2. The third-order valence-electron chi connectivity index (χ3n) is 4.39. The predicted molar refractivity (Wildman–Crippen MR) is 115 cm³/mol. The lowest BCUT2D eigenvalue weighted by atomic mass is 10.2. The quantitative estimate of drug-likeness (QED) is 0.367. The van der Waals surface area contributed by atoms with Gasteiger partial charge in [0.2, 0.25) is 5.88 Å². The normalized spacial score (nSPS) is 10.7. The molecule has 0 atom stereocenters. The Morgan fingerprint density at radius 3 is 2.28 bits per heavy atom. The van der Waals surface area contributed by atoms with Gasteiger partial charge < -0.3 is 14.2 Å². The average molecular weight is 404 g/mol. The predicted octanol–water partition coefficient (Wildman–Crippen LogP) is 5.73. The third-order valence-corrected chi connectivity index (χ3v) is 5.47. The van der Waals surface area contributed by atoms with Crippen LogP contribution in [0.4, 0.5) is 0 Å². The first-order valence-electron chi connectivity index (χ1n) is 9.08. The summed E-state index contributed by atoms with van der Waals surface area (Å²) < 4.78 is 16.8. The number of hydrogen-bond acceptors (Lipinski definition) is 6. The fraction of sp³-hybridized carbons (Fsp3) is 0.130. The van der Waals surface area contributed by atoms with Gasteiger partial charge in [-0.1, -0.05) is 30.3 Å². The van der Waals surface area contributed by atoms with Gasteiger partial charge in [-0.3, -0.25) is 0 Å².